The van der Waals surface area contributed by atoms with E-state index >= 15 is 0 Å². The first-order valence-corrected chi connectivity index (χ1v) is 9.05. The lowest BCUT2D eigenvalue weighted by Gasteiger charge is -2.30. The molecule has 3 N–H and O–H groups in total. The van der Waals surface area contributed by atoms with E-state index in [0.717, 1.165) is 5.56 Å². The normalized spacial score (nSPS) is 14.6. The summed E-state index contributed by atoms with van der Waals surface area (Å²) in [5.74, 6) is -0.598. The topological polar surface area (TPSA) is 92.5 Å². The summed E-state index contributed by atoms with van der Waals surface area (Å²) in [5, 5.41) is 2.86. The van der Waals surface area contributed by atoms with Crippen molar-refractivity contribution in [1.82, 2.24) is 10.2 Å². The van der Waals surface area contributed by atoms with Crippen LogP contribution in [0.1, 0.15) is 39.1 Å². The van der Waals surface area contributed by atoms with Crippen LogP contribution in [0.15, 0.2) is 54.6 Å². The largest absolute Gasteiger partial charge is 0.369 e. The minimum Gasteiger partial charge on any atom is -0.369 e. The highest BCUT2D eigenvalue weighted by molar-refractivity contribution is 5.95. The summed E-state index contributed by atoms with van der Waals surface area (Å²) in [6.45, 7) is 1.48. The third kappa shape index (κ3) is 4.73. The average Bonchev–Trinajstić information content (AvgIpc) is 2.72. The molecule has 0 atom stereocenters. The molecule has 2 aromatic carbocycles. The molecule has 0 saturated carbocycles. The summed E-state index contributed by atoms with van der Waals surface area (Å²) >= 11 is 0. The smallest absolute Gasteiger partial charge is 0.253 e. The van der Waals surface area contributed by atoms with E-state index in [9.17, 15) is 14.4 Å². The van der Waals surface area contributed by atoms with Crippen LogP contribution in [-0.4, -0.2) is 35.7 Å². The fourth-order valence-electron chi connectivity index (χ4n) is 3.19. The van der Waals surface area contributed by atoms with Gasteiger partial charge in [0.25, 0.3) is 11.8 Å². The zero-order chi connectivity index (χ0) is 19.2. The molecular formula is C21H23N3O3. The Kier molecular flexibility index (Phi) is 5.86. The lowest BCUT2D eigenvalue weighted by Crippen LogP contribution is -2.41. The van der Waals surface area contributed by atoms with E-state index < -0.39 is 0 Å². The summed E-state index contributed by atoms with van der Waals surface area (Å²) < 4.78 is 0. The van der Waals surface area contributed by atoms with E-state index in [1.807, 2.05) is 30.3 Å². The molecular weight excluding hydrogens is 342 g/mol. The predicted molar refractivity (Wildman–Crippen MR) is 102 cm³/mol. The Labute approximate surface area is 158 Å². The average molecular weight is 365 g/mol. The van der Waals surface area contributed by atoms with Gasteiger partial charge in [-0.1, -0.05) is 30.3 Å². The Morgan fingerprint density at radius 2 is 1.56 bits per heavy atom. The highest BCUT2D eigenvalue weighted by atomic mass is 16.2. The van der Waals surface area contributed by atoms with Gasteiger partial charge in [0.1, 0.15) is 0 Å². The van der Waals surface area contributed by atoms with Gasteiger partial charge in [0.15, 0.2) is 0 Å². The van der Waals surface area contributed by atoms with E-state index in [4.69, 9.17) is 5.73 Å². The lowest BCUT2D eigenvalue weighted by atomic mass is 9.96. The molecule has 6 nitrogen and oxygen atoms in total. The van der Waals surface area contributed by atoms with Crippen molar-refractivity contribution in [2.24, 2.45) is 11.7 Å². The molecule has 0 bridgehead atoms. The van der Waals surface area contributed by atoms with Crippen molar-refractivity contribution in [2.45, 2.75) is 19.4 Å². The molecule has 1 heterocycles. The van der Waals surface area contributed by atoms with Crippen molar-refractivity contribution in [2.75, 3.05) is 13.1 Å². The van der Waals surface area contributed by atoms with Crippen LogP contribution in [-0.2, 0) is 11.3 Å². The quantitative estimate of drug-likeness (QED) is 0.848. The minimum atomic E-state index is -0.288. The van der Waals surface area contributed by atoms with Gasteiger partial charge >= 0.3 is 0 Å². The van der Waals surface area contributed by atoms with Crippen LogP contribution >= 0.6 is 0 Å². The number of likely N-dealkylation sites (tertiary alicyclic amines) is 1. The molecule has 3 rings (SSSR count). The summed E-state index contributed by atoms with van der Waals surface area (Å²) in [4.78, 5) is 37.6. The number of carbonyl (C=O) groups is 3. The maximum absolute atomic E-state index is 12.6. The van der Waals surface area contributed by atoms with Gasteiger partial charge in [-0.3, -0.25) is 14.4 Å². The number of hydrogen-bond acceptors (Lipinski definition) is 3. The third-order valence-electron chi connectivity index (χ3n) is 4.87. The van der Waals surface area contributed by atoms with Crippen LogP contribution in [0.25, 0.3) is 0 Å². The molecule has 0 aliphatic carbocycles. The van der Waals surface area contributed by atoms with Crippen LogP contribution in [0.3, 0.4) is 0 Å². The van der Waals surface area contributed by atoms with E-state index in [-0.39, 0.29) is 23.6 Å². The van der Waals surface area contributed by atoms with Crippen molar-refractivity contribution < 1.29 is 14.4 Å². The first-order valence-electron chi connectivity index (χ1n) is 9.05. The zero-order valence-electron chi connectivity index (χ0n) is 15.1. The molecule has 0 unspecified atom stereocenters. The van der Waals surface area contributed by atoms with Crippen molar-refractivity contribution >= 4 is 17.7 Å². The molecule has 140 valence electrons. The zero-order valence-corrected chi connectivity index (χ0v) is 15.1. The van der Waals surface area contributed by atoms with Crippen LogP contribution in [0.4, 0.5) is 0 Å². The summed E-state index contributed by atoms with van der Waals surface area (Å²) in [7, 11) is 0. The van der Waals surface area contributed by atoms with E-state index in [2.05, 4.69) is 5.32 Å². The maximum Gasteiger partial charge on any atom is 0.253 e. The van der Waals surface area contributed by atoms with E-state index in [1.165, 1.54) is 0 Å². The number of hydrogen-bond donors (Lipinski definition) is 2. The maximum atomic E-state index is 12.6. The second kappa shape index (κ2) is 8.49. The van der Waals surface area contributed by atoms with Crippen molar-refractivity contribution in [3.8, 4) is 0 Å². The fourth-order valence-corrected chi connectivity index (χ4v) is 3.19. The standard InChI is InChI=1S/C21H23N3O3/c22-19(25)16-10-12-24(13-11-16)21(27)18-8-6-15(7-9-18)14-23-20(26)17-4-2-1-3-5-17/h1-9,16H,10-14H2,(H2,22,25)(H,23,26). The van der Waals surface area contributed by atoms with E-state index in [1.54, 1.807) is 29.2 Å². The molecule has 6 heteroatoms. The molecule has 2 aromatic rings. The predicted octanol–water partition coefficient (Wildman–Crippen LogP) is 1.95. The molecule has 0 radical (unpaired) electrons. The second-order valence-corrected chi connectivity index (χ2v) is 6.71. The van der Waals surface area contributed by atoms with Crippen LogP contribution in [0, 0.1) is 5.92 Å². The van der Waals surface area contributed by atoms with Crippen LogP contribution < -0.4 is 11.1 Å². The Morgan fingerprint density at radius 3 is 2.15 bits per heavy atom. The van der Waals surface area contributed by atoms with E-state index in [0.29, 0.717) is 43.6 Å². The number of piperidine rings is 1. The Balaban J connectivity index is 1.53. The number of carbonyl (C=O) groups excluding carboxylic acids is 3. The van der Waals surface area contributed by atoms with Gasteiger partial charge in [-0.05, 0) is 42.7 Å². The van der Waals surface area contributed by atoms with Gasteiger partial charge in [0.05, 0.1) is 0 Å². The molecule has 1 fully saturated rings. The highest BCUT2D eigenvalue weighted by Gasteiger charge is 2.26. The molecule has 1 saturated heterocycles. The van der Waals surface area contributed by atoms with Gasteiger partial charge in [0.2, 0.25) is 5.91 Å². The number of primary amides is 1. The van der Waals surface area contributed by atoms with Crippen LogP contribution in [0.2, 0.25) is 0 Å². The van der Waals surface area contributed by atoms with Crippen molar-refractivity contribution in [3.63, 3.8) is 0 Å². The van der Waals surface area contributed by atoms with Crippen LogP contribution in [0.5, 0.6) is 0 Å². The molecule has 1 aliphatic rings. The van der Waals surface area contributed by atoms with Crippen molar-refractivity contribution in [1.29, 1.82) is 0 Å². The van der Waals surface area contributed by atoms with Gasteiger partial charge < -0.3 is 16.0 Å². The number of nitrogens with zero attached hydrogens (tertiary/aromatic N) is 1. The molecule has 0 spiro atoms. The molecule has 27 heavy (non-hydrogen) atoms. The molecule has 0 aromatic heterocycles. The third-order valence-corrected chi connectivity index (χ3v) is 4.87. The summed E-state index contributed by atoms with van der Waals surface area (Å²) in [6.07, 6.45) is 1.23. The van der Waals surface area contributed by atoms with Crippen molar-refractivity contribution in [3.05, 3.63) is 71.3 Å². The SMILES string of the molecule is NC(=O)C1CCN(C(=O)c2ccc(CNC(=O)c3ccccc3)cc2)CC1. The van der Waals surface area contributed by atoms with Gasteiger partial charge in [-0.15, -0.1) is 0 Å². The number of amides is 3. The Bertz CT molecular complexity index is 810. The fraction of sp³-hybridized carbons (Fsp3) is 0.286. The van der Waals surface area contributed by atoms with Gasteiger partial charge in [-0.25, -0.2) is 0 Å². The molecule has 3 amide bonds. The first kappa shape index (κ1) is 18.6. The summed E-state index contributed by atoms with van der Waals surface area (Å²) in [5.41, 5.74) is 7.47. The lowest BCUT2D eigenvalue weighted by molar-refractivity contribution is -0.123. The monoisotopic (exact) mass is 365 g/mol. The Hall–Kier alpha value is -3.15. The number of benzene rings is 2. The van der Waals surface area contributed by atoms with Gasteiger partial charge in [0, 0.05) is 36.7 Å². The summed E-state index contributed by atoms with van der Waals surface area (Å²) in [6, 6.07) is 16.3. The highest BCUT2D eigenvalue weighted by Crippen LogP contribution is 2.19. The Morgan fingerprint density at radius 1 is 0.926 bits per heavy atom. The number of rotatable bonds is 5. The second-order valence-electron chi connectivity index (χ2n) is 6.71. The molecule has 1 aliphatic heterocycles. The number of nitrogens with one attached hydrogen (secondary N) is 1. The first-order chi connectivity index (χ1) is 13.0. The minimum absolute atomic E-state index is 0.0437. The number of nitrogens with two attached hydrogens (primary N) is 1. The van der Waals surface area contributed by atoms with Gasteiger partial charge in [-0.2, -0.15) is 0 Å².